The van der Waals surface area contributed by atoms with E-state index < -0.39 is 0 Å². The van der Waals surface area contributed by atoms with Crippen molar-refractivity contribution in [2.75, 3.05) is 14.2 Å². The Morgan fingerprint density at radius 1 is 1.19 bits per heavy atom. The van der Waals surface area contributed by atoms with E-state index in [1.165, 1.54) is 12.0 Å². The Balaban J connectivity index is 2.04. The first-order chi connectivity index (χ1) is 10.1. The lowest BCUT2D eigenvalue weighted by molar-refractivity contribution is 0.101. The second-order valence-corrected chi connectivity index (χ2v) is 5.91. The summed E-state index contributed by atoms with van der Waals surface area (Å²) in [6, 6.07) is 7.34. The first kappa shape index (κ1) is 13.7. The predicted octanol–water partition coefficient (Wildman–Crippen LogP) is 3.69. The summed E-state index contributed by atoms with van der Waals surface area (Å²) in [5.41, 5.74) is 0.442. The highest BCUT2D eigenvalue weighted by molar-refractivity contribution is 7.12. The van der Waals surface area contributed by atoms with Crippen molar-refractivity contribution in [2.45, 2.75) is 6.92 Å². The number of fused-ring (bicyclic) bond motifs is 1. The quantitative estimate of drug-likeness (QED) is 0.811. The Hall–Kier alpha value is -2.27. The van der Waals surface area contributed by atoms with Crippen LogP contribution in [0.1, 0.15) is 20.1 Å². The molecule has 0 spiro atoms. The van der Waals surface area contributed by atoms with E-state index in [0.29, 0.717) is 28.6 Å². The summed E-state index contributed by atoms with van der Waals surface area (Å²) in [5, 5.41) is 0. The van der Waals surface area contributed by atoms with Crippen molar-refractivity contribution in [2.24, 2.45) is 0 Å². The van der Waals surface area contributed by atoms with Crippen LogP contribution in [0.25, 0.3) is 6.08 Å². The summed E-state index contributed by atoms with van der Waals surface area (Å²) in [6.45, 7) is 2.02. The normalized spacial score (nSPS) is 15.0. The number of aryl methyl sites for hydroxylation is 1. The number of methoxy groups -OCH3 is 2. The van der Waals surface area contributed by atoms with Crippen molar-refractivity contribution < 1.29 is 19.0 Å². The molecule has 0 saturated heterocycles. The third-order valence-corrected chi connectivity index (χ3v) is 4.15. The molecule has 0 fully saturated rings. The van der Waals surface area contributed by atoms with E-state index in [-0.39, 0.29) is 5.78 Å². The number of carbonyl (C=O) groups is 1. The number of carbonyl (C=O) groups excluding carboxylic acids is 1. The van der Waals surface area contributed by atoms with Gasteiger partial charge in [-0.15, -0.1) is 11.3 Å². The van der Waals surface area contributed by atoms with Crippen LogP contribution in [0.4, 0.5) is 0 Å². The maximum absolute atomic E-state index is 12.5. The molecule has 0 bridgehead atoms. The summed E-state index contributed by atoms with van der Waals surface area (Å²) >= 11 is 1.61. The van der Waals surface area contributed by atoms with Crippen LogP contribution < -0.4 is 14.2 Å². The summed E-state index contributed by atoms with van der Waals surface area (Å²) in [7, 11) is 3.08. The largest absolute Gasteiger partial charge is 0.496 e. The van der Waals surface area contributed by atoms with Crippen LogP contribution in [0, 0.1) is 6.92 Å². The van der Waals surface area contributed by atoms with E-state index in [9.17, 15) is 4.79 Å². The Kier molecular flexibility index (Phi) is 3.43. The number of Topliss-reactive ketones (excluding diaryl/α,β-unsaturated/α-hetero) is 1. The number of hydrogen-bond acceptors (Lipinski definition) is 5. The molecule has 0 saturated carbocycles. The van der Waals surface area contributed by atoms with Crippen molar-refractivity contribution in [3.05, 3.63) is 45.3 Å². The molecule has 0 aliphatic carbocycles. The van der Waals surface area contributed by atoms with E-state index in [1.807, 2.05) is 19.1 Å². The zero-order chi connectivity index (χ0) is 15.0. The number of rotatable bonds is 3. The first-order valence-electron chi connectivity index (χ1n) is 6.39. The number of thiophene rings is 1. The van der Waals surface area contributed by atoms with Gasteiger partial charge in [-0.25, -0.2) is 0 Å². The van der Waals surface area contributed by atoms with Crippen molar-refractivity contribution in [1.29, 1.82) is 0 Å². The van der Waals surface area contributed by atoms with Crippen molar-refractivity contribution >= 4 is 23.2 Å². The van der Waals surface area contributed by atoms with E-state index in [4.69, 9.17) is 14.2 Å². The zero-order valence-corrected chi connectivity index (χ0v) is 12.7. The molecule has 2 aromatic rings. The molecule has 0 radical (unpaired) electrons. The number of benzene rings is 1. The predicted molar refractivity (Wildman–Crippen MR) is 81.5 cm³/mol. The maximum Gasteiger partial charge on any atom is 0.235 e. The number of ether oxygens (including phenoxy) is 3. The topological polar surface area (TPSA) is 44.8 Å². The Morgan fingerprint density at radius 3 is 2.62 bits per heavy atom. The molecule has 0 amide bonds. The second kappa shape index (κ2) is 5.26. The van der Waals surface area contributed by atoms with Gasteiger partial charge in [0, 0.05) is 28.0 Å². The zero-order valence-electron chi connectivity index (χ0n) is 11.9. The lowest BCUT2D eigenvalue weighted by Crippen LogP contribution is -1.99. The summed E-state index contributed by atoms with van der Waals surface area (Å²) in [4.78, 5) is 14.6. The van der Waals surface area contributed by atoms with E-state index in [2.05, 4.69) is 0 Å². The highest BCUT2D eigenvalue weighted by Gasteiger charge is 2.32. The van der Waals surface area contributed by atoms with Crippen LogP contribution in [0.3, 0.4) is 0 Å². The molecule has 1 aromatic heterocycles. The van der Waals surface area contributed by atoms with Crippen LogP contribution in [-0.4, -0.2) is 20.0 Å². The third kappa shape index (κ3) is 2.40. The molecule has 5 heteroatoms. The van der Waals surface area contributed by atoms with Crippen molar-refractivity contribution in [3.63, 3.8) is 0 Å². The third-order valence-electron chi connectivity index (χ3n) is 3.20. The van der Waals surface area contributed by atoms with Gasteiger partial charge in [0.25, 0.3) is 0 Å². The van der Waals surface area contributed by atoms with Gasteiger partial charge in [-0.3, -0.25) is 4.79 Å². The summed E-state index contributed by atoms with van der Waals surface area (Å²) in [5.74, 6) is 1.65. The highest BCUT2D eigenvalue weighted by Crippen LogP contribution is 2.41. The molecular weight excluding hydrogens is 288 g/mol. The summed E-state index contributed by atoms with van der Waals surface area (Å²) < 4.78 is 16.1. The standard InChI is InChI=1S/C16H14O4S/c1-9-4-5-11(21-9)8-14-16(17)15-12(19-3)6-10(18-2)7-13(15)20-14/h4-8H,1-3H3/b14-8-. The molecule has 21 heavy (non-hydrogen) atoms. The lowest BCUT2D eigenvalue weighted by atomic mass is 10.1. The number of hydrogen-bond donors (Lipinski definition) is 0. The van der Waals surface area contributed by atoms with Gasteiger partial charge in [0.05, 0.1) is 14.2 Å². The molecule has 1 aliphatic rings. The Labute approximate surface area is 126 Å². The van der Waals surface area contributed by atoms with E-state index in [0.717, 1.165) is 4.88 Å². The molecule has 1 aromatic carbocycles. The van der Waals surface area contributed by atoms with Crippen LogP contribution in [0.2, 0.25) is 0 Å². The number of ketones is 1. The maximum atomic E-state index is 12.5. The van der Waals surface area contributed by atoms with Gasteiger partial charge in [0.15, 0.2) is 5.76 Å². The second-order valence-electron chi connectivity index (χ2n) is 4.59. The van der Waals surface area contributed by atoms with Gasteiger partial charge >= 0.3 is 0 Å². The fourth-order valence-electron chi connectivity index (χ4n) is 2.19. The molecule has 2 heterocycles. The molecule has 108 valence electrons. The fraction of sp³-hybridized carbons (Fsp3) is 0.188. The van der Waals surface area contributed by atoms with Gasteiger partial charge in [0.1, 0.15) is 22.8 Å². The van der Waals surface area contributed by atoms with Gasteiger partial charge in [0.2, 0.25) is 5.78 Å². The van der Waals surface area contributed by atoms with E-state index in [1.54, 1.807) is 36.7 Å². The van der Waals surface area contributed by atoms with Gasteiger partial charge < -0.3 is 14.2 Å². The van der Waals surface area contributed by atoms with Crippen LogP contribution in [0.15, 0.2) is 30.0 Å². The average Bonchev–Trinajstić information content (AvgIpc) is 3.02. The van der Waals surface area contributed by atoms with Gasteiger partial charge in [-0.05, 0) is 19.1 Å². The molecule has 0 unspecified atom stereocenters. The minimum Gasteiger partial charge on any atom is -0.496 e. The first-order valence-corrected chi connectivity index (χ1v) is 7.20. The fourth-order valence-corrected chi connectivity index (χ4v) is 3.00. The Morgan fingerprint density at radius 2 is 2.00 bits per heavy atom. The minimum absolute atomic E-state index is 0.171. The molecule has 3 rings (SSSR count). The van der Waals surface area contributed by atoms with E-state index >= 15 is 0 Å². The lowest BCUT2D eigenvalue weighted by Gasteiger charge is -2.07. The molecule has 4 nitrogen and oxygen atoms in total. The number of allylic oxidation sites excluding steroid dienone is 1. The van der Waals surface area contributed by atoms with Crippen molar-refractivity contribution in [1.82, 2.24) is 0 Å². The van der Waals surface area contributed by atoms with Gasteiger partial charge in [-0.2, -0.15) is 0 Å². The van der Waals surface area contributed by atoms with Gasteiger partial charge in [-0.1, -0.05) is 0 Å². The van der Waals surface area contributed by atoms with Crippen LogP contribution in [-0.2, 0) is 0 Å². The molecular formula is C16H14O4S. The minimum atomic E-state index is -0.171. The SMILES string of the molecule is COc1cc(OC)c2c(c1)O/C(=C\c1ccc(C)s1)C2=O. The smallest absolute Gasteiger partial charge is 0.235 e. The highest BCUT2D eigenvalue weighted by atomic mass is 32.1. The monoisotopic (exact) mass is 302 g/mol. The van der Waals surface area contributed by atoms with Crippen molar-refractivity contribution in [3.8, 4) is 17.2 Å². The Bertz CT molecular complexity index is 743. The molecule has 0 atom stereocenters. The molecule has 1 aliphatic heterocycles. The summed E-state index contributed by atoms with van der Waals surface area (Å²) in [6.07, 6.45) is 1.76. The molecule has 0 N–H and O–H groups in total. The van der Waals surface area contributed by atoms with Crippen LogP contribution >= 0.6 is 11.3 Å². The van der Waals surface area contributed by atoms with Crippen LogP contribution in [0.5, 0.6) is 17.2 Å². The average molecular weight is 302 g/mol.